The van der Waals surface area contributed by atoms with Crippen molar-refractivity contribution in [1.82, 2.24) is 34.5 Å². The normalized spacial score (nSPS) is 14.9. The first-order valence-electron chi connectivity index (χ1n) is 13.9. The van der Waals surface area contributed by atoms with Gasteiger partial charge in [0.05, 0.1) is 35.7 Å². The number of benzene rings is 1. The Morgan fingerprint density at radius 1 is 1.15 bits per heavy atom. The molecule has 3 aromatic heterocycles. The van der Waals surface area contributed by atoms with Gasteiger partial charge in [0.1, 0.15) is 5.69 Å². The van der Waals surface area contributed by atoms with Gasteiger partial charge in [0.15, 0.2) is 0 Å². The van der Waals surface area contributed by atoms with Crippen LogP contribution in [0.2, 0.25) is 0 Å². The Morgan fingerprint density at radius 3 is 2.62 bits per heavy atom. The number of aromatic amines is 1. The summed E-state index contributed by atoms with van der Waals surface area (Å²) in [5.41, 5.74) is 4.97. The molecule has 1 atom stereocenters. The Labute approximate surface area is 235 Å². The number of nitrogens with one attached hydrogen (secondary N) is 3. The first kappa shape index (κ1) is 29.0. The molecule has 11 heteroatoms. The van der Waals surface area contributed by atoms with Crippen LogP contribution in [0.5, 0.6) is 5.88 Å². The highest BCUT2D eigenvalue weighted by Crippen LogP contribution is 2.34. The second-order valence-electron chi connectivity index (χ2n) is 9.74. The lowest BCUT2D eigenvalue weighted by molar-refractivity contribution is -0.121. The van der Waals surface area contributed by atoms with Gasteiger partial charge in [-0.1, -0.05) is 26.0 Å². The predicted octanol–water partition coefficient (Wildman–Crippen LogP) is 4.41. The van der Waals surface area contributed by atoms with Crippen LogP contribution in [0.1, 0.15) is 33.3 Å². The lowest BCUT2D eigenvalue weighted by Crippen LogP contribution is -2.51. The van der Waals surface area contributed by atoms with Gasteiger partial charge in [0.25, 0.3) is 5.88 Å². The highest BCUT2D eigenvalue weighted by atomic mass is 16.5. The third-order valence-corrected chi connectivity index (χ3v) is 6.99. The zero-order valence-corrected chi connectivity index (χ0v) is 24.6. The number of nitrogens with zero attached hydrogens (tertiary/aromatic N) is 6. The Hall–Kier alpha value is -3.96. The quantitative estimate of drug-likeness (QED) is 0.297. The number of rotatable bonds is 8. The molecule has 4 heterocycles. The van der Waals surface area contributed by atoms with Crippen LogP contribution in [0.15, 0.2) is 36.8 Å². The minimum Gasteiger partial charge on any atom is -0.475 e. The summed E-state index contributed by atoms with van der Waals surface area (Å²) in [6.45, 7) is 14.1. The number of aromatic nitrogens is 5. The fraction of sp³-hybridized carbons (Fsp3) is 0.448. The van der Waals surface area contributed by atoms with Crippen molar-refractivity contribution in [2.24, 2.45) is 7.05 Å². The van der Waals surface area contributed by atoms with Crippen LogP contribution in [-0.4, -0.2) is 86.3 Å². The zero-order chi connectivity index (χ0) is 28.8. The van der Waals surface area contributed by atoms with Crippen molar-refractivity contribution in [3.05, 3.63) is 42.4 Å². The second-order valence-corrected chi connectivity index (χ2v) is 9.74. The van der Waals surface area contributed by atoms with Gasteiger partial charge in [0, 0.05) is 56.6 Å². The topological polar surface area (TPSA) is 116 Å². The molecule has 1 fully saturated rings. The van der Waals surface area contributed by atoms with E-state index in [1.807, 2.05) is 72.3 Å². The molecule has 1 saturated heterocycles. The third-order valence-electron chi connectivity index (χ3n) is 6.99. The molecule has 11 nitrogen and oxygen atoms in total. The number of hydrogen-bond donors (Lipinski definition) is 3. The maximum Gasteiger partial charge on any atom is 0.256 e. The van der Waals surface area contributed by atoms with Gasteiger partial charge in [0.2, 0.25) is 11.9 Å². The third kappa shape index (κ3) is 6.26. The van der Waals surface area contributed by atoms with Gasteiger partial charge in [-0.15, -0.1) is 5.10 Å². The Morgan fingerprint density at radius 2 is 1.90 bits per heavy atom. The number of ether oxygens (including phenoxy) is 1. The largest absolute Gasteiger partial charge is 0.475 e. The zero-order valence-electron chi connectivity index (χ0n) is 24.6. The molecule has 1 aliphatic heterocycles. The fourth-order valence-corrected chi connectivity index (χ4v) is 4.76. The molecule has 40 heavy (non-hydrogen) atoms. The van der Waals surface area contributed by atoms with E-state index in [0.717, 1.165) is 59.6 Å². The average molecular weight is 548 g/mol. The Balaban J connectivity index is 0.00000181. The van der Waals surface area contributed by atoms with Crippen molar-refractivity contribution in [3.8, 4) is 17.1 Å². The van der Waals surface area contributed by atoms with E-state index in [1.165, 1.54) is 0 Å². The maximum absolute atomic E-state index is 13.1. The van der Waals surface area contributed by atoms with Crippen LogP contribution >= 0.6 is 0 Å². The molecule has 0 saturated carbocycles. The molecule has 214 valence electrons. The molecular formula is C29H41N9O2. The molecule has 0 bridgehead atoms. The average Bonchev–Trinajstić information content (AvgIpc) is 3.54. The summed E-state index contributed by atoms with van der Waals surface area (Å²) in [6.07, 6.45) is 5.56. The van der Waals surface area contributed by atoms with Crippen LogP contribution < -0.4 is 15.4 Å². The maximum atomic E-state index is 13.1. The van der Waals surface area contributed by atoms with Crippen LogP contribution in [-0.2, 0) is 11.8 Å². The van der Waals surface area contributed by atoms with Crippen molar-refractivity contribution in [3.63, 3.8) is 0 Å². The molecule has 1 unspecified atom stereocenters. The van der Waals surface area contributed by atoms with Crippen LogP contribution in [0.4, 0.5) is 17.3 Å². The van der Waals surface area contributed by atoms with Crippen LogP contribution in [0.25, 0.3) is 22.2 Å². The molecule has 1 aromatic carbocycles. The summed E-state index contributed by atoms with van der Waals surface area (Å²) < 4.78 is 7.31. The van der Waals surface area contributed by atoms with Gasteiger partial charge in [-0.25, -0.2) is 9.97 Å². The monoisotopic (exact) mass is 547 g/mol. The number of carbonyl (C=O) groups excluding carboxylic acids is 1. The predicted molar refractivity (Wildman–Crippen MR) is 160 cm³/mol. The molecule has 0 radical (unpaired) electrons. The summed E-state index contributed by atoms with van der Waals surface area (Å²) in [6, 6.07) is 5.70. The molecule has 5 rings (SSSR count). The number of piperazine rings is 1. The van der Waals surface area contributed by atoms with Crippen LogP contribution in [0.3, 0.4) is 0 Å². The van der Waals surface area contributed by atoms with Crippen molar-refractivity contribution in [2.45, 2.75) is 40.7 Å². The van der Waals surface area contributed by atoms with Gasteiger partial charge < -0.3 is 25.3 Å². The summed E-state index contributed by atoms with van der Waals surface area (Å²) in [7, 11) is 3.95. The van der Waals surface area contributed by atoms with E-state index in [2.05, 4.69) is 42.5 Å². The number of H-pyrrole nitrogens is 1. The molecule has 1 aliphatic rings. The van der Waals surface area contributed by atoms with Crippen molar-refractivity contribution >= 4 is 34.1 Å². The SMILES string of the molecule is CC.CCOc1nn(C)cc1Nc1ncc(C)c(-c2c[nH]c3c(NC(=O)C(C)N4CCN(C)CC4)cccc23)n1. The summed E-state index contributed by atoms with van der Waals surface area (Å²) in [5, 5.41) is 11.7. The first-order chi connectivity index (χ1) is 19.3. The number of hydrogen-bond acceptors (Lipinski definition) is 8. The van der Waals surface area contributed by atoms with Crippen molar-refractivity contribution < 1.29 is 9.53 Å². The number of para-hydroxylation sites is 1. The number of aryl methyl sites for hydroxylation is 2. The highest BCUT2D eigenvalue weighted by molar-refractivity contribution is 6.06. The van der Waals surface area contributed by atoms with E-state index in [-0.39, 0.29) is 11.9 Å². The highest BCUT2D eigenvalue weighted by Gasteiger charge is 2.25. The smallest absolute Gasteiger partial charge is 0.256 e. The summed E-state index contributed by atoms with van der Waals surface area (Å²) in [4.78, 5) is 30.3. The minimum absolute atomic E-state index is 0.00974. The molecule has 4 aromatic rings. The lowest BCUT2D eigenvalue weighted by Gasteiger charge is -2.35. The summed E-state index contributed by atoms with van der Waals surface area (Å²) >= 11 is 0. The second kappa shape index (κ2) is 12.9. The van der Waals surface area contributed by atoms with Gasteiger partial charge >= 0.3 is 0 Å². The van der Waals surface area contributed by atoms with E-state index in [1.54, 1.807) is 10.9 Å². The first-order valence-corrected chi connectivity index (χ1v) is 13.9. The molecule has 3 N–H and O–H groups in total. The van der Waals surface area contributed by atoms with E-state index in [0.29, 0.717) is 24.1 Å². The molecular weight excluding hydrogens is 506 g/mol. The van der Waals surface area contributed by atoms with Gasteiger partial charge in [-0.3, -0.25) is 14.4 Å². The molecule has 0 spiro atoms. The summed E-state index contributed by atoms with van der Waals surface area (Å²) in [5.74, 6) is 0.933. The van der Waals surface area contributed by atoms with Gasteiger partial charge in [-0.05, 0) is 39.4 Å². The molecule has 1 amide bonds. The van der Waals surface area contributed by atoms with E-state index >= 15 is 0 Å². The Kier molecular flexibility index (Phi) is 9.38. The number of amides is 1. The molecule has 0 aliphatic carbocycles. The van der Waals surface area contributed by atoms with E-state index in [9.17, 15) is 4.79 Å². The van der Waals surface area contributed by atoms with E-state index in [4.69, 9.17) is 9.72 Å². The van der Waals surface area contributed by atoms with Crippen LogP contribution in [0, 0.1) is 6.92 Å². The van der Waals surface area contributed by atoms with Gasteiger partial charge in [-0.2, -0.15) is 0 Å². The Bertz CT molecular complexity index is 1440. The van der Waals surface area contributed by atoms with Crippen molar-refractivity contribution in [2.75, 3.05) is 50.5 Å². The number of fused-ring (bicyclic) bond motifs is 1. The fourth-order valence-electron chi connectivity index (χ4n) is 4.76. The van der Waals surface area contributed by atoms with E-state index < -0.39 is 0 Å². The number of anilines is 3. The van der Waals surface area contributed by atoms with Crippen molar-refractivity contribution in [1.29, 1.82) is 0 Å². The standard InChI is InChI=1S/C27H35N9O2.C2H6/c1-6-38-26-22(16-35(5)33-26)31-27-29-14-17(2)23(32-27)20-15-28-24-19(20)8-7-9-21(24)30-25(37)18(3)36-12-10-34(4)11-13-36;1-2/h7-9,14-16,18,28H,6,10-13H2,1-5H3,(H,30,37)(H,29,31,32);1-2H3. The number of likely N-dealkylation sites (N-methyl/N-ethyl adjacent to an activating group) is 1. The minimum atomic E-state index is -0.208. The number of carbonyl (C=O) groups is 1. The lowest BCUT2D eigenvalue weighted by atomic mass is 10.1.